The van der Waals surface area contributed by atoms with Gasteiger partial charge in [-0.1, -0.05) is 6.92 Å². The normalized spacial score (nSPS) is 13.1. The first-order chi connectivity index (χ1) is 13.5. The maximum atomic E-state index is 12.8. The average molecular weight is 404 g/mol. The molecule has 0 saturated heterocycles. The van der Waals surface area contributed by atoms with Crippen LogP contribution in [0.5, 0.6) is 11.5 Å². The first-order valence-electron chi connectivity index (χ1n) is 9.33. The van der Waals surface area contributed by atoms with Crippen LogP contribution in [0.15, 0.2) is 23.6 Å². The van der Waals surface area contributed by atoms with Crippen LogP contribution >= 0.6 is 11.3 Å². The quantitative estimate of drug-likeness (QED) is 0.691. The van der Waals surface area contributed by atoms with Crippen molar-refractivity contribution in [3.8, 4) is 11.5 Å². The number of nitrogens with zero attached hydrogens (tertiary/aromatic N) is 2. The molecule has 1 aliphatic rings. The summed E-state index contributed by atoms with van der Waals surface area (Å²) >= 11 is 1.24. The third kappa shape index (κ3) is 5.01. The molecule has 1 aromatic heterocycles. The van der Waals surface area contributed by atoms with Gasteiger partial charge in [-0.15, -0.1) is 11.3 Å². The minimum atomic E-state index is -0.339. The van der Waals surface area contributed by atoms with Gasteiger partial charge < -0.3 is 14.4 Å². The van der Waals surface area contributed by atoms with Crippen LogP contribution in [0.3, 0.4) is 0 Å². The predicted molar refractivity (Wildman–Crippen MR) is 109 cm³/mol. The Morgan fingerprint density at radius 1 is 1.21 bits per heavy atom. The minimum Gasteiger partial charge on any atom is -0.497 e. The molecule has 0 aliphatic heterocycles. The topological polar surface area (TPSA) is 80.8 Å². The highest BCUT2D eigenvalue weighted by molar-refractivity contribution is 7.14. The van der Waals surface area contributed by atoms with E-state index >= 15 is 0 Å². The molecule has 0 atom stereocenters. The lowest BCUT2D eigenvalue weighted by Crippen LogP contribution is -2.33. The molecular formula is C20H25N3O4S. The SMILES string of the molecule is CCCN(CC1CC1)C(=O)c1csc(NC(=O)c2cc(OC)cc(OC)c2)n1. The molecule has 0 bridgehead atoms. The van der Waals surface area contributed by atoms with Gasteiger partial charge in [-0.25, -0.2) is 4.98 Å². The fourth-order valence-electron chi connectivity index (χ4n) is 2.86. The molecule has 28 heavy (non-hydrogen) atoms. The molecule has 150 valence electrons. The molecule has 8 heteroatoms. The van der Waals surface area contributed by atoms with E-state index in [4.69, 9.17) is 9.47 Å². The summed E-state index contributed by atoms with van der Waals surface area (Å²) in [7, 11) is 3.05. The lowest BCUT2D eigenvalue weighted by atomic mass is 10.2. The summed E-state index contributed by atoms with van der Waals surface area (Å²) in [4.78, 5) is 31.5. The van der Waals surface area contributed by atoms with Gasteiger partial charge in [0.25, 0.3) is 11.8 Å². The number of ether oxygens (including phenoxy) is 2. The Balaban J connectivity index is 1.69. The zero-order chi connectivity index (χ0) is 20.1. The van der Waals surface area contributed by atoms with E-state index in [9.17, 15) is 9.59 Å². The predicted octanol–water partition coefficient (Wildman–Crippen LogP) is 3.67. The average Bonchev–Trinajstić information content (AvgIpc) is 3.41. The zero-order valence-corrected chi connectivity index (χ0v) is 17.2. The van der Waals surface area contributed by atoms with E-state index in [0.29, 0.717) is 33.8 Å². The Bertz CT molecular complexity index is 825. The highest BCUT2D eigenvalue weighted by atomic mass is 32.1. The highest BCUT2D eigenvalue weighted by Gasteiger charge is 2.28. The van der Waals surface area contributed by atoms with Crippen molar-refractivity contribution in [2.75, 3.05) is 32.6 Å². The molecule has 0 radical (unpaired) electrons. The molecule has 0 unspecified atom stereocenters. The van der Waals surface area contributed by atoms with Gasteiger partial charge in [-0.05, 0) is 37.3 Å². The van der Waals surface area contributed by atoms with Crippen LogP contribution in [0.1, 0.15) is 47.0 Å². The Hall–Kier alpha value is -2.61. The van der Waals surface area contributed by atoms with Gasteiger partial charge in [0.05, 0.1) is 14.2 Å². The zero-order valence-electron chi connectivity index (χ0n) is 16.4. The fraction of sp³-hybridized carbons (Fsp3) is 0.450. The third-order valence-corrected chi connectivity index (χ3v) is 5.27. The van der Waals surface area contributed by atoms with Crippen molar-refractivity contribution in [2.45, 2.75) is 26.2 Å². The van der Waals surface area contributed by atoms with E-state index in [1.807, 2.05) is 4.90 Å². The van der Waals surface area contributed by atoms with E-state index in [2.05, 4.69) is 17.2 Å². The van der Waals surface area contributed by atoms with Crippen molar-refractivity contribution < 1.29 is 19.1 Å². The number of thiazole rings is 1. The number of carbonyl (C=O) groups is 2. The molecule has 0 spiro atoms. The van der Waals surface area contributed by atoms with Gasteiger partial charge in [0, 0.05) is 30.1 Å². The molecule has 3 rings (SSSR count). The van der Waals surface area contributed by atoms with E-state index < -0.39 is 0 Å². The Kier molecular flexibility index (Phi) is 6.51. The number of carbonyl (C=O) groups excluding carboxylic acids is 2. The summed E-state index contributed by atoms with van der Waals surface area (Å²) in [6, 6.07) is 4.94. The molecule has 1 saturated carbocycles. The van der Waals surface area contributed by atoms with Crippen molar-refractivity contribution >= 4 is 28.3 Å². The van der Waals surface area contributed by atoms with Crippen LogP contribution < -0.4 is 14.8 Å². The van der Waals surface area contributed by atoms with Crippen LogP contribution in [-0.2, 0) is 0 Å². The minimum absolute atomic E-state index is 0.0754. The molecular weight excluding hydrogens is 378 g/mol. The number of aromatic nitrogens is 1. The molecule has 1 aromatic carbocycles. The summed E-state index contributed by atoms with van der Waals surface area (Å²) in [5.74, 6) is 1.25. The first-order valence-corrected chi connectivity index (χ1v) is 10.2. The van der Waals surface area contributed by atoms with Crippen LogP contribution in [0.2, 0.25) is 0 Å². The monoisotopic (exact) mass is 403 g/mol. The van der Waals surface area contributed by atoms with Gasteiger partial charge in [-0.2, -0.15) is 0 Å². The van der Waals surface area contributed by atoms with Crippen molar-refractivity contribution in [1.82, 2.24) is 9.88 Å². The molecule has 2 aromatic rings. The second-order valence-electron chi connectivity index (χ2n) is 6.79. The summed E-state index contributed by atoms with van der Waals surface area (Å²) < 4.78 is 10.4. The van der Waals surface area contributed by atoms with E-state index in [1.54, 1.807) is 23.6 Å². The third-order valence-electron chi connectivity index (χ3n) is 4.51. The van der Waals surface area contributed by atoms with Crippen molar-refractivity contribution in [2.24, 2.45) is 5.92 Å². The van der Waals surface area contributed by atoms with Gasteiger partial charge in [0.15, 0.2) is 5.13 Å². The second kappa shape index (κ2) is 9.05. The summed E-state index contributed by atoms with van der Waals surface area (Å²) in [5, 5.41) is 4.83. The summed E-state index contributed by atoms with van der Waals surface area (Å²) in [6.07, 6.45) is 3.29. The number of nitrogens with one attached hydrogen (secondary N) is 1. The number of anilines is 1. The van der Waals surface area contributed by atoms with Gasteiger partial charge >= 0.3 is 0 Å². The molecule has 1 N–H and O–H groups in total. The van der Waals surface area contributed by atoms with Crippen LogP contribution in [0.4, 0.5) is 5.13 Å². The molecule has 1 heterocycles. The molecule has 7 nitrogen and oxygen atoms in total. The lowest BCUT2D eigenvalue weighted by molar-refractivity contribution is 0.0742. The number of hydrogen-bond acceptors (Lipinski definition) is 6. The Morgan fingerprint density at radius 3 is 2.46 bits per heavy atom. The number of amides is 2. The standard InChI is InChI=1S/C20H25N3O4S/c1-4-7-23(11-13-5-6-13)19(25)17-12-28-20(21-17)22-18(24)14-8-15(26-2)10-16(9-14)27-3/h8-10,12-13H,4-7,11H2,1-3H3,(H,21,22,24). The van der Waals surface area contributed by atoms with Gasteiger partial charge in [0.2, 0.25) is 0 Å². The van der Waals surface area contributed by atoms with Crippen LogP contribution in [0, 0.1) is 5.92 Å². The van der Waals surface area contributed by atoms with Crippen LogP contribution in [-0.4, -0.2) is 49.0 Å². The largest absolute Gasteiger partial charge is 0.497 e. The number of hydrogen-bond donors (Lipinski definition) is 1. The molecule has 1 aliphatic carbocycles. The highest BCUT2D eigenvalue weighted by Crippen LogP contribution is 2.30. The summed E-state index contributed by atoms with van der Waals surface area (Å²) in [5.41, 5.74) is 0.762. The van der Waals surface area contributed by atoms with Crippen molar-refractivity contribution in [1.29, 1.82) is 0 Å². The summed E-state index contributed by atoms with van der Waals surface area (Å²) in [6.45, 7) is 3.57. The lowest BCUT2D eigenvalue weighted by Gasteiger charge is -2.20. The number of methoxy groups -OCH3 is 2. The van der Waals surface area contributed by atoms with Crippen molar-refractivity contribution in [3.05, 3.63) is 34.8 Å². The molecule has 1 fully saturated rings. The Labute approximate surface area is 168 Å². The number of benzene rings is 1. The Morgan fingerprint density at radius 2 is 1.89 bits per heavy atom. The molecule has 2 amide bonds. The number of rotatable bonds is 9. The maximum absolute atomic E-state index is 12.8. The second-order valence-corrected chi connectivity index (χ2v) is 7.65. The maximum Gasteiger partial charge on any atom is 0.273 e. The smallest absolute Gasteiger partial charge is 0.273 e. The van der Waals surface area contributed by atoms with E-state index in [0.717, 1.165) is 19.5 Å². The fourth-order valence-corrected chi connectivity index (χ4v) is 3.54. The van der Waals surface area contributed by atoms with Gasteiger partial charge in [0.1, 0.15) is 17.2 Å². The first kappa shape index (κ1) is 20.1. The van der Waals surface area contributed by atoms with Crippen LogP contribution in [0.25, 0.3) is 0 Å². The van der Waals surface area contributed by atoms with Gasteiger partial charge in [-0.3, -0.25) is 14.9 Å². The van der Waals surface area contributed by atoms with Crippen molar-refractivity contribution in [3.63, 3.8) is 0 Å². The van der Waals surface area contributed by atoms with E-state index in [1.165, 1.54) is 38.4 Å². The van der Waals surface area contributed by atoms with E-state index in [-0.39, 0.29) is 11.8 Å².